The minimum absolute atomic E-state index is 0.126. The van der Waals surface area contributed by atoms with Crippen molar-refractivity contribution >= 4 is 10.9 Å². The summed E-state index contributed by atoms with van der Waals surface area (Å²) in [6, 6.07) is 15.4. The van der Waals surface area contributed by atoms with Crippen LogP contribution in [0.2, 0.25) is 0 Å². The van der Waals surface area contributed by atoms with Crippen molar-refractivity contribution in [3.05, 3.63) is 60.4 Å². The van der Waals surface area contributed by atoms with E-state index in [4.69, 9.17) is 5.10 Å². The highest BCUT2D eigenvalue weighted by Crippen LogP contribution is 2.35. The van der Waals surface area contributed by atoms with Gasteiger partial charge >= 0.3 is 6.61 Å². The van der Waals surface area contributed by atoms with E-state index in [-0.39, 0.29) is 5.75 Å². The molecule has 2 aromatic carbocycles. The summed E-state index contributed by atoms with van der Waals surface area (Å²) >= 11 is 0. The third-order valence-electron chi connectivity index (χ3n) is 6.03. The Balaban J connectivity index is 1.55. The SMILES string of the molecule is CCc1nn(C2CCCC2)c2cc(-c3ccnn3-c3ccc(OC(F)F)cc3)ccc12. The first-order chi connectivity index (χ1) is 15.1. The van der Waals surface area contributed by atoms with E-state index in [0.29, 0.717) is 6.04 Å². The largest absolute Gasteiger partial charge is 0.435 e. The second-order valence-electron chi connectivity index (χ2n) is 7.92. The number of benzene rings is 2. The van der Waals surface area contributed by atoms with Crippen molar-refractivity contribution < 1.29 is 13.5 Å². The Morgan fingerprint density at radius 3 is 2.55 bits per heavy atom. The molecule has 0 atom stereocenters. The van der Waals surface area contributed by atoms with Crippen molar-refractivity contribution in [2.24, 2.45) is 0 Å². The molecule has 0 spiro atoms. The lowest BCUT2D eigenvalue weighted by Gasteiger charge is -2.13. The number of aryl methyl sites for hydroxylation is 1. The summed E-state index contributed by atoms with van der Waals surface area (Å²) < 4.78 is 33.4. The third kappa shape index (κ3) is 3.69. The van der Waals surface area contributed by atoms with Gasteiger partial charge in [0.2, 0.25) is 0 Å². The van der Waals surface area contributed by atoms with Crippen molar-refractivity contribution in [1.29, 1.82) is 0 Å². The molecule has 0 amide bonds. The van der Waals surface area contributed by atoms with E-state index in [1.54, 1.807) is 18.3 Å². The van der Waals surface area contributed by atoms with E-state index in [1.807, 2.05) is 10.7 Å². The van der Waals surface area contributed by atoms with Gasteiger partial charge in [-0.2, -0.15) is 19.0 Å². The first kappa shape index (κ1) is 19.7. The number of alkyl halides is 2. The predicted octanol–water partition coefficient (Wildman–Crippen LogP) is 6.17. The van der Waals surface area contributed by atoms with Crippen LogP contribution in [0.5, 0.6) is 5.75 Å². The second-order valence-corrected chi connectivity index (χ2v) is 7.92. The van der Waals surface area contributed by atoms with Gasteiger partial charge in [-0.05, 0) is 55.7 Å². The van der Waals surface area contributed by atoms with Gasteiger partial charge in [0.05, 0.1) is 34.8 Å². The fraction of sp³-hybridized carbons (Fsp3) is 0.333. The van der Waals surface area contributed by atoms with E-state index in [2.05, 4.69) is 39.6 Å². The van der Waals surface area contributed by atoms with Crippen molar-refractivity contribution in [2.45, 2.75) is 51.7 Å². The Labute approximate surface area is 179 Å². The molecule has 5 rings (SSSR count). The maximum atomic E-state index is 12.4. The Hall–Kier alpha value is -3.22. The summed E-state index contributed by atoms with van der Waals surface area (Å²) in [6.45, 7) is -0.693. The number of rotatable bonds is 6. The van der Waals surface area contributed by atoms with Crippen LogP contribution in [0.1, 0.15) is 44.3 Å². The number of ether oxygens (including phenoxy) is 1. The number of nitrogens with zero attached hydrogens (tertiary/aromatic N) is 4. The number of hydrogen-bond acceptors (Lipinski definition) is 3. The summed E-state index contributed by atoms with van der Waals surface area (Å²) in [7, 11) is 0. The van der Waals surface area contributed by atoms with Crippen molar-refractivity contribution in [1.82, 2.24) is 19.6 Å². The maximum absolute atomic E-state index is 12.4. The number of fused-ring (bicyclic) bond motifs is 1. The van der Waals surface area contributed by atoms with Crippen LogP contribution in [0.3, 0.4) is 0 Å². The highest BCUT2D eigenvalue weighted by Gasteiger charge is 2.22. The monoisotopic (exact) mass is 422 g/mol. The van der Waals surface area contributed by atoms with E-state index < -0.39 is 6.61 Å². The minimum atomic E-state index is -2.84. The molecule has 0 bridgehead atoms. The lowest BCUT2D eigenvalue weighted by molar-refractivity contribution is -0.0498. The summed E-state index contributed by atoms with van der Waals surface area (Å²) in [4.78, 5) is 0. The predicted molar refractivity (Wildman–Crippen MR) is 116 cm³/mol. The smallest absolute Gasteiger partial charge is 0.387 e. The normalized spacial score (nSPS) is 14.7. The standard InChI is InChI=1S/C24H24F2N4O/c1-2-21-20-12-7-16(15-23(20)30(28-21)17-5-3-4-6-17)22-13-14-27-29(22)18-8-10-19(11-9-18)31-24(25)26/h7-15,17,24H,2-6H2,1H3. The van der Waals surface area contributed by atoms with Crippen LogP contribution in [0, 0.1) is 0 Å². The lowest BCUT2D eigenvalue weighted by Crippen LogP contribution is -2.07. The fourth-order valence-corrected chi connectivity index (χ4v) is 4.55. The van der Waals surface area contributed by atoms with E-state index in [1.165, 1.54) is 43.2 Å². The zero-order chi connectivity index (χ0) is 21.4. The molecule has 0 unspecified atom stereocenters. The molecule has 31 heavy (non-hydrogen) atoms. The van der Waals surface area contributed by atoms with Gasteiger partial charge in [-0.25, -0.2) is 4.68 Å². The van der Waals surface area contributed by atoms with Gasteiger partial charge in [-0.15, -0.1) is 0 Å². The average molecular weight is 422 g/mol. The molecule has 0 radical (unpaired) electrons. The molecule has 1 fully saturated rings. The summed E-state index contributed by atoms with van der Waals surface area (Å²) in [5, 5.41) is 10.6. The molecule has 2 aromatic heterocycles. The average Bonchev–Trinajstić information content (AvgIpc) is 3.52. The molecule has 160 valence electrons. The molecular weight excluding hydrogens is 398 g/mol. The van der Waals surface area contributed by atoms with Crippen LogP contribution in [0.25, 0.3) is 27.8 Å². The molecule has 0 N–H and O–H groups in total. The van der Waals surface area contributed by atoms with E-state index in [0.717, 1.165) is 34.6 Å². The maximum Gasteiger partial charge on any atom is 0.387 e. The number of aromatic nitrogens is 4. The molecule has 4 aromatic rings. The molecule has 0 saturated heterocycles. The second kappa shape index (κ2) is 8.13. The van der Waals surface area contributed by atoms with Crippen molar-refractivity contribution in [3.8, 4) is 22.7 Å². The van der Waals surface area contributed by atoms with Crippen molar-refractivity contribution in [2.75, 3.05) is 0 Å². The molecule has 1 aliphatic rings. The molecule has 1 aliphatic carbocycles. The van der Waals surface area contributed by atoms with Gasteiger partial charge in [-0.3, -0.25) is 4.68 Å². The van der Waals surface area contributed by atoms with Crippen molar-refractivity contribution in [3.63, 3.8) is 0 Å². The van der Waals surface area contributed by atoms with Crippen LogP contribution in [-0.2, 0) is 6.42 Å². The minimum Gasteiger partial charge on any atom is -0.435 e. The summed E-state index contributed by atoms with van der Waals surface area (Å²) in [5.74, 6) is 0.126. The topological polar surface area (TPSA) is 44.9 Å². The first-order valence-corrected chi connectivity index (χ1v) is 10.7. The molecule has 1 saturated carbocycles. The van der Waals surface area contributed by atoms with Gasteiger partial charge < -0.3 is 4.74 Å². The molecular formula is C24H24F2N4O. The van der Waals surface area contributed by atoms with Gasteiger partial charge in [0.1, 0.15) is 5.75 Å². The molecule has 5 nitrogen and oxygen atoms in total. The number of halogens is 2. The van der Waals surface area contributed by atoms with E-state index >= 15 is 0 Å². The zero-order valence-electron chi connectivity index (χ0n) is 17.3. The Kier molecular flexibility index (Phi) is 5.18. The fourth-order valence-electron chi connectivity index (χ4n) is 4.55. The van der Waals surface area contributed by atoms with Gasteiger partial charge in [-0.1, -0.05) is 31.9 Å². The summed E-state index contributed by atoms with van der Waals surface area (Å²) in [5.41, 5.74) is 5.05. The highest BCUT2D eigenvalue weighted by molar-refractivity contribution is 5.86. The van der Waals surface area contributed by atoms with Gasteiger partial charge in [0.15, 0.2) is 0 Å². The molecule has 0 aliphatic heterocycles. The highest BCUT2D eigenvalue weighted by atomic mass is 19.3. The quantitative estimate of drug-likeness (QED) is 0.373. The Bertz CT molecular complexity index is 1190. The Morgan fingerprint density at radius 2 is 1.84 bits per heavy atom. The molecule has 2 heterocycles. The van der Waals surface area contributed by atoms with Crippen LogP contribution < -0.4 is 4.74 Å². The van der Waals surface area contributed by atoms with Gasteiger partial charge in [0.25, 0.3) is 0 Å². The van der Waals surface area contributed by atoms with Crippen LogP contribution in [0.15, 0.2) is 54.7 Å². The lowest BCUT2D eigenvalue weighted by atomic mass is 10.1. The van der Waals surface area contributed by atoms with Gasteiger partial charge in [0, 0.05) is 10.9 Å². The van der Waals surface area contributed by atoms with E-state index in [9.17, 15) is 8.78 Å². The number of hydrogen-bond donors (Lipinski definition) is 0. The zero-order valence-corrected chi connectivity index (χ0v) is 17.3. The van der Waals surface area contributed by atoms with Crippen LogP contribution in [-0.4, -0.2) is 26.2 Å². The third-order valence-corrected chi connectivity index (χ3v) is 6.03. The van der Waals surface area contributed by atoms with Crippen LogP contribution in [0.4, 0.5) is 8.78 Å². The van der Waals surface area contributed by atoms with Crippen LogP contribution >= 0.6 is 0 Å². The molecule has 7 heteroatoms. The first-order valence-electron chi connectivity index (χ1n) is 10.7. The summed E-state index contributed by atoms with van der Waals surface area (Å²) in [6.07, 6.45) is 7.51. The Morgan fingerprint density at radius 1 is 1.06 bits per heavy atom.